The number of rotatable bonds is 4. The van der Waals surface area contributed by atoms with Gasteiger partial charge < -0.3 is 24.1 Å². The molecule has 32 heavy (non-hydrogen) atoms. The molecule has 2 aliphatic carbocycles. The molecule has 0 bridgehead atoms. The van der Waals surface area contributed by atoms with Crippen molar-refractivity contribution >= 4 is 17.9 Å². The van der Waals surface area contributed by atoms with E-state index in [1.807, 2.05) is 13.8 Å². The van der Waals surface area contributed by atoms with E-state index in [4.69, 9.17) is 18.9 Å². The number of hydrogen-bond donors (Lipinski definition) is 1. The van der Waals surface area contributed by atoms with Crippen molar-refractivity contribution in [2.45, 2.75) is 65.0 Å². The van der Waals surface area contributed by atoms with Gasteiger partial charge in [-0.15, -0.1) is 0 Å². The highest BCUT2D eigenvalue weighted by atomic mass is 16.6. The zero-order valence-corrected chi connectivity index (χ0v) is 19.3. The van der Waals surface area contributed by atoms with E-state index >= 15 is 0 Å². The van der Waals surface area contributed by atoms with E-state index in [9.17, 15) is 19.5 Å². The fourth-order valence-electron chi connectivity index (χ4n) is 6.85. The van der Waals surface area contributed by atoms with Gasteiger partial charge in [0.2, 0.25) is 0 Å². The Morgan fingerprint density at radius 3 is 2.44 bits per heavy atom. The Hall–Kier alpha value is -1.71. The number of nitrogens with zero attached hydrogens (tertiary/aromatic N) is 1. The predicted octanol–water partition coefficient (Wildman–Crippen LogP) is 0.767. The smallest absolute Gasteiger partial charge is 0.311 e. The molecule has 0 spiro atoms. The van der Waals surface area contributed by atoms with Gasteiger partial charge in [-0.1, -0.05) is 13.8 Å². The molecule has 4 rings (SSSR count). The number of carbonyl (C=O) groups excluding carboxylic acids is 3. The summed E-state index contributed by atoms with van der Waals surface area (Å²) in [5, 5.41) is 11.9. The molecular weight excluding hydrogens is 418 g/mol. The van der Waals surface area contributed by atoms with Crippen molar-refractivity contribution in [3.8, 4) is 0 Å². The Balaban J connectivity index is 1.68. The Morgan fingerprint density at radius 1 is 1.16 bits per heavy atom. The highest BCUT2D eigenvalue weighted by molar-refractivity contribution is 5.76. The van der Waals surface area contributed by atoms with Crippen molar-refractivity contribution in [1.29, 1.82) is 0 Å². The van der Waals surface area contributed by atoms with Crippen molar-refractivity contribution in [2.75, 3.05) is 32.8 Å². The van der Waals surface area contributed by atoms with Gasteiger partial charge in [0.15, 0.2) is 0 Å². The summed E-state index contributed by atoms with van der Waals surface area (Å²) in [7, 11) is 0. The summed E-state index contributed by atoms with van der Waals surface area (Å²) in [5.41, 5.74) is -0.873. The molecule has 0 aromatic carbocycles. The summed E-state index contributed by atoms with van der Waals surface area (Å²) in [6.07, 6.45) is -1.56. The Bertz CT molecular complexity index is 752. The van der Waals surface area contributed by atoms with Gasteiger partial charge >= 0.3 is 17.9 Å². The standard InChI is InChI=1S/C23H35NO8/c1-12-9-16-19(15(22(28)32-16)11-24-5-7-29-8-6-24)21(27)23(4)18(31-14(3)26)10-17(20(12)23)30-13(2)25/h12,15-21,27H,5-11H2,1-4H3/t12?,15?,16?,17?,18-,19+,20?,21?,23+/m0/s1. The molecule has 9 heteroatoms. The minimum atomic E-state index is -0.954. The maximum atomic E-state index is 12.9. The Labute approximate surface area is 188 Å². The van der Waals surface area contributed by atoms with Crippen LogP contribution in [0.25, 0.3) is 0 Å². The van der Waals surface area contributed by atoms with Gasteiger partial charge in [-0.3, -0.25) is 19.3 Å². The fraction of sp³-hybridized carbons (Fsp3) is 0.870. The van der Waals surface area contributed by atoms with Gasteiger partial charge in [0, 0.05) is 57.2 Å². The number of aliphatic hydroxyl groups excluding tert-OH is 1. The van der Waals surface area contributed by atoms with Crippen molar-refractivity contribution in [3.63, 3.8) is 0 Å². The number of aliphatic hydroxyl groups is 1. The highest BCUT2D eigenvalue weighted by Crippen LogP contribution is 2.58. The normalized spacial score (nSPS) is 44.2. The average molecular weight is 454 g/mol. The average Bonchev–Trinajstić information content (AvgIpc) is 3.12. The molecule has 9 nitrogen and oxygen atoms in total. The predicted molar refractivity (Wildman–Crippen MR) is 111 cm³/mol. The summed E-state index contributed by atoms with van der Waals surface area (Å²) < 4.78 is 22.6. The first-order chi connectivity index (χ1) is 15.1. The number of ether oxygens (including phenoxy) is 4. The number of esters is 3. The number of morpholine rings is 1. The lowest BCUT2D eigenvalue weighted by molar-refractivity contribution is -0.165. The molecule has 0 radical (unpaired) electrons. The van der Waals surface area contributed by atoms with Gasteiger partial charge in [0.05, 0.1) is 25.2 Å². The van der Waals surface area contributed by atoms with E-state index in [1.54, 1.807) is 0 Å². The summed E-state index contributed by atoms with van der Waals surface area (Å²) in [5.74, 6) is -2.24. The summed E-state index contributed by atoms with van der Waals surface area (Å²) in [6.45, 7) is 9.86. The minimum Gasteiger partial charge on any atom is -0.462 e. The second-order valence-corrected chi connectivity index (χ2v) is 10.1. The van der Waals surface area contributed by atoms with E-state index in [0.717, 1.165) is 13.1 Å². The monoisotopic (exact) mass is 453 g/mol. The first-order valence-electron chi connectivity index (χ1n) is 11.7. The fourth-order valence-corrected chi connectivity index (χ4v) is 6.85. The SMILES string of the molecule is CC(=O)OC1C[C@H](OC(C)=O)[C@]2(C)C1C(C)CC1OC(=O)C(CN3CCOCC3)[C@H]1C2O. The molecule has 2 saturated carbocycles. The summed E-state index contributed by atoms with van der Waals surface area (Å²) in [4.78, 5) is 38.8. The molecule has 2 aliphatic heterocycles. The lowest BCUT2D eigenvalue weighted by atomic mass is 9.66. The van der Waals surface area contributed by atoms with Crippen LogP contribution in [0.4, 0.5) is 0 Å². The topological polar surface area (TPSA) is 112 Å². The zero-order valence-electron chi connectivity index (χ0n) is 19.3. The lowest BCUT2D eigenvalue weighted by Gasteiger charge is -2.43. The first-order valence-corrected chi connectivity index (χ1v) is 11.7. The van der Waals surface area contributed by atoms with Crippen LogP contribution < -0.4 is 0 Å². The summed E-state index contributed by atoms with van der Waals surface area (Å²) >= 11 is 0. The van der Waals surface area contributed by atoms with Gasteiger partial charge in [-0.25, -0.2) is 0 Å². The number of carbonyl (C=O) groups is 3. The molecule has 180 valence electrons. The maximum Gasteiger partial charge on any atom is 0.311 e. The van der Waals surface area contributed by atoms with E-state index in [2.05, 4.69) is 4.90 Å². The van der Waals surface area contributed by atoms with E-state index in [1.165, 1.54) is 13.8 Å². The third-order valence-corrected chi connectivity index (χ3v) is 8.13. The van der Waals surface area contributed by atoms with Crippen molar-refractivity contribution in [2.24, 2.45) is 29.1 Å². The lowest BCUT2D eigenvalue weighted by Crippen LogP contribution is -2.53. The van der Waals surface area contributed by atoms with Crippen LogP contribution in [-0.2, 0) is 33.3 Å². The van der Waals surface area contributed by atoms with Gasteiger partial charge in [0.25, 0.3) is 0 Å². The molecule has 4 fully saturated rings. The highest BCUT2D eigenvalue weighted by Gasteiger charge is 2.67. The quantitative estimate of drug-likeness (QED) is 0.487. The van der Waals surface area contributed by atoms with Crippen LogP contribution >= 0.6 is 0 Å². The van der Waals surface area contributed by atoms with Gasteiger partial charge in [-0.05, 0) is 12.3 Å². The maximum absolute atomic E-state index is 12.9. The van der Waals surface area contributed by atoms with Crippen LogP contribution in [0.3, 0.4) is 0 Å². The molecule has 6 unspecified atom stereocenters. The van der Waals surface area contributed by atoms with Crippen LogP contribution in [0.15, 0.2) is 0 Å². The van der Waals surface area contributed by atoms with Crippen molar-refractivity contribution < 1.29 is 38.4 Å². The molecule has 4 aliphatic rings. The van der Waals surface area contributed by atoms with Gasteiger partial charge in [0.1, 0.15) is 18.3 Å². The van der Waals surface area contributed by atoms with Crippen LogP contribution in [0.2, 0.25) is 0 Å². The molecule has 2 saturated heterocycles. The molecule has 9 atom stereocenters. The van der Waals surface area contributed by atoms with Crippen molar-refractivity contribution in [3.05, 3.63) is 0 Å². The third kappa shape index (κ3) is 4.03. The van der Waals surface area contributed by atoms with E-state index in [0.29, 0.717) is 32.6 Å². The van der Waals surface area contributed by atoms with Crippen LogP contribution in [0.5, 0.6) is 0 Å². The van der Waals surface area contributed by atoms with Crippen molar-refractivity contribution in [1.82, 2.24) is 4.90 Å². The molecule has 0 aromatic rings. The largest absolute Gasteiger partial charge is 0.462 e. The number of fused-ring (bicyclic) bond motifs is 2. The van der Waals surface area contributed by atoms with Crippen LogP contribution in [-0.4, -0.2) is 85.2 Å². The van der Waals surface area contributed by atoms with E-state index < -0.39 is 53.6 Å². The molecule has 0 aromatic heterocycles. The summed E-state index contributed by atoms with van der Waals surface area (Å²) in [6, 6.07) is 0. The molecule has 1 N–H and O–H groups in total. The Kier molecular flexibility index (Phi) is 6.53. The molecule has 2 heterocycles. The first kappa shape index (κ1) is 23.4. The van der Waals surface area contributed by atoms with Crippen LogP contribution in [0, 0.1) is 29.1 Å². The van der Waals surface area contributed by atoms with Crippen LogP contribution in [0.1, 0.15) is 40.5 Å². The minimum absolute atomic E-state index is 0.00973. The number of hydrogen-bond acceptors (Lipinski definition) is 9. The third-order valence-electron chi connectivity index (χ3n) is 8.13. The van der Waals surface area contributed by atoms with E-state index in [-0.39, 0.29) is 17.8 Å². The van der Waals surface area contributed by atoms with Gasteiger partial charge in [-0.2, -0.15) is 0 Å². The molecular formula is C23H35NO8. The second kappa shape index (κ2) is 8.91. The molecule has 0 amide bonds. The Morgan fingerprint density at radius 2 is 1.81 bits per heavy atom. The zero-order chi connectivity index (χ0) is 23.2. The second-order valence-electron chi connectivity index (χ2n) is 10.1.